The number of halogens is 2. The van der Waals surface area contributed by atoms with Gasteiger partial charge in [0, 0.05) is 30.7 Å². The van der Waals surface area contributed by atoms with Gasteiger partial charge in [-0.3, -0.25) is 4.79 Å². The predicted octanol–water partition coefficient (Wildman–Crippen LogP) is 3.70. The maximum absolute atomic E-state index is 13.6. The molecule has 1 aliphatic rings. The summed E-state index contributed by atoms with van der Waals surface area (Å²) in [5, 5.41) is 2.38. The first-order valence-corrected chi connectivity index (χ1v) is 8.06. The summed E-state index contributed by atoms with van der Waals surface area (Å²) >= 11 is 0. The van der Waals surface area contributed by atoms with E-state index >= 15 is 0 Å². The minimum Gasteiger partial charge on any atom is -0.319 e. The van der Waals surface area contributed by atoms with E-state index in [9.17, 15) is 13.6 Å². The topological polar surface area (TPSA) is 58.1 Å². The summed E-state index contributed by atoms with van der Waals surface area (Å²) in [6.45, 7) is 0.770. The van der Waals surface area contributed by atoms with Crippen molar-refractivity contribution in [3.63, 3.8) is 0 Å². The third-order valence-electron chi connectivity index (χ3n) is 4.21. The lowest BCUT2D eigenvalue weighted by molar-refractivity contribution is 0.102. The Morgan fingerprint density at radius 2 is 1.85 bits per heavy atom. The summed E-state index contributed by atoms with van der Waals surface area (Å²) in [7, 11) is 0. The molecular formula is C19H14F2N4O. The standard InChI is InChI=1S/C19H14F2N4O/c20-14-5-6-16(15(21)9-14)24-18(26)13-10-22-19(23-11-13)25-8-7-12-3-1-2-4-17(12)25/h1-6,9-11H,7-8H2,(H,24,26). The molecule has 0 unspecified atom stereocenters. The molecule has 26 heavy (non-hydrogen) atoms. The third-order valence-corrected chi connectivity index (χ3v) is 4.21. The molecule has 0 saturated carbocycles. The second kappa shape index (κ2) is 6.51. The molecule has 0 aliphatic carbocycles. The first-order chi connectivity index (χ1) is 12.6. The molecule has 5 nitrogen and oxygen atoms in total. The van der Waals surface area contributed by atoms with E-state index < -0.39 is 17.5 Å². The van der Waals surface area contributed by atoms with Crippen molar-refractivity contribution in [2.75, 3.05) is 16.8 Å². The molecule has 2 heterocycles. The predicted molar refractivity (Wildman–Crippen MR) is 93.5 cm³/mol. The van der Waals surface area contributed by atoms with E-state index in [4.69, 9.17) is 0 Å². The van der Waals surface area contributed by atoms with Crippen molar-refractivity contribution in [1.29, 1.82) is 0 Å². The SMILES string of the molecule is O=C(Nc1ccc(F)cc1F)c1cnc(N2CCc3ccccc32)nc1. The zero-order valence-corrected chi connectivity index (χ0v) is 13.6. The zero-order valence-electron chi connectivity index (χ0n) is 13.6. The molecule has 1 aromatic heterocycles. The van der Waals surface area contributed by atoms with Crippen molar-refractivity contribution in [2.24, 2.45) is 0 Å². The van der Waals surface area contributed by atoms with Crippen LogP contribution in [0.4, 0.5) is 26.1 Å². The Morgan fingerprint density at radius 3 is 2.62 bits per heavy atom. The molecule has 2 aromatic carbocycles. The number of aromatic nitrogens is 2. The molecule has 4 rings (SSSR count). The Kier molecular flexibility index (Phi) is 4.04. The maximum atomic E-state index is 13.6. The Labute approximate surface area is 148 Å². The number of amides is 1. The summed E-state index contributed by atoms with van der Waals surface area (Å²) in [5.74, 6) is -1.62. The number of fused-ring (bicyclic) bond motifs is 1. The van der Waals surface area contributed by atoms with Gasteiger partial charge in [-0.25, -0.2) is 18.7 Å². The highest BCUT2D eigenvalue weighted by Gasteiger charge is 2.22. The van der Waals surface area contributed by atoms with E-state index in [2.05, 4.69) is 21.4 Å². The Hall–Kier alpha value is -3.35. The van der Waals surface area contributed by atoms with E-state index in [0.29, 0.717) is 12.0 Å². The Morgan fingerprint density at radius 1 is 1.08 bits per heavy atom. The molecule has 0 radical (unpaired) electrons. The molecule has 0 fully saturated rings. The van der Waals surface area contributed by atoms with Crippen LogP contribution < -0.4 is 10.2 Å². The highest BCUT2D eigenvalue weighted by Crippen LogP contribution is 2.31. The summed E-state index contributed by atoms with van der Waals surface area (Å²) in [4.78, 5) is 22.7. The molecule has 7 heteroatoms. The minimum atomic E-state index is -0.843. The van der Waals surface area contributed by atoms with E-state index in [1.54, 1.807) is 0 Å². The maximum Gasteiger partial charge on any atom is 0.258 e. The van der Waals surface area contributed by atoms with Crippen molar-refractivity contribution < 1.29 is 13.6 Å². The van der Waals surface area contributed by atoms with E-state index in [-0.39, 0.29) is 11.3 Å². The van der Waals surface area contributed by atoms with Crippen LogP contribution in [0.5, 0.6) is 0 Å². The van der Waals surface area contributed by atoms with Crippen molar-refractivity contribution in [2.45, 2.75) is 6.42 Å². The van der Waals surface area contributed by atoms with Gasteiger partial charge in [0.05, 0.1) is 11.3 Å². The number of benzene rings is 2. The Bertz CT molecular complexity index is 976. The summed E-state index contributed by atoms with van der Waals surface area (Å²) in [6.07, 6.45) is 3.69. The van der Waals surface area contributed by atoms with Gasteiger partial charge in [0.2, 0.25) is 5.95 Å². The van der Waals surface area contributed by atoms with Gasteiger partial charge in [-0.1, -0.05) is 18.2 Å². The number of hydrogen-bond acceptors (Lipinski definition) is 4. The number of carbonyl (C=O) groups is 1. The van der Waals surface area contributed by atoms with Crippen LogP contribution in [-0.2, 0) is 6.42 Å². The van der Waals surface area contributed by atoms with Crippen LogP contribution in [0.25, 0.3) is 0 Å². The number of para-hydroxylation sites is 1. The van der Waals surface area contributed by atoms with Gasteiger partial charge in [0.15, 0.2) is 0 Å². The van der Waals surface area contributed by atoms with Crippen LogP contribution >= 0.6 is 0 Å². The number of nitrogens with one attached hydrogen (secondary N) is 1. The fourth-order valence-electron chi connectivity index (χ4n) is 2.91. The summed E-state index contributed by atoms with van der Waals surface area (Å²) in [6, 6.07) is 11.0. The fourth-order valence-corrected chi connectivity index (χ4v) is 2.91. The number of nitrogens with zero attached hydrogens (tertiary/aromatic N) is 3. The number of anilines is 3. The van der Waals surface area contributed by atoms with Gasteiger partial charge in [-0.2, -0.15) is 0 Å². The first kappa shape index (κ1) is 16.1. The van der Waals surface area contributed by atoms with Crippen LogP contribution in [0.3, 0.4) is 0 Å². The Balaban J connectivity index is 1.52. The fraction of sp³-hybridized carbons (Fsp3) is 0.105. The first-order valence-electron chi connectivity index (χ1n) is 8.06. The average molecular weight is 352 g/mol. The van der Waals surface area contributed by atoms with Gasteiger partial charge >= 0.3 is 0 Å². The number of hydrogen-bond donors (Lipinski definition) is 1. The van der Waals surface area contributed by atoms with Gasteiger partial charge < -0.3 is 10.2 Å². The van der Waals surface area contributed by atoms with E-state index in [1.807, 2.05) is 23.1 Å². The van der Waals surface area contributed by atoms with Crippen molar-refractivity contribution >= 4 is 23.2 Å². The quantitative estimate of drug-likeness (QED) is 0.781. The monoisotopic (exact) mass is 352 g/mol. The van der Waals surface area contributed by atoms with E-state index in [0.717, 1.165) is 24.7 Å². The molecule has 130 valence electrons. The van der Waals surface area contributed by atoms with Crippen LogP contribution in [0, 0.1) is 11.6 Å². The lowest BCUT2D eigenvalue weighted by Crippen LogP contribution is -2.18. The van der Waals surface area contributed by atoms with Crippen LogP contribution in [0.2, 0.25) is 0 Å². The summed E-state index contributed by atoms with van der Waals surface area (Å²) in [5.41, 5.74) is 2.36. The smallest absolute Gasteiger partial charge is 0.258 e. The van der Waals surface area contributed by atoms with Crippen molar-refractivity contribution in [3.8, 4) is 0 Å². The molecule has 0 bridgehead atoms. The molecule has 3 aromatic rings. The van der Waals surface area contributed by atoms with Crippen LogP contribution in [0.1, 0.15) is 15.9 Å². The highest BCUT2D eigenvalue weighted by atomic mass is 19.1. The molecule has 0 saturated heterocycles. The molecule has 1 aliphatic heterocycles. The highest BCUT2D eigenvalue weighted by molar-refractivity contribution is 6.04. The molecule has 0 atom stereocenters. The van der Waals surface area contributed by atoms with Gasteiger partial charge in [-0.05, 0) is 30.2 Å². The normalized spacial score (nSPS) is 12.8. The zero-order chi connectivity index (χ0) is 18.1. The van der Waals surface area contributed by atoms with E-state index in [1.165, 1.54) is 24.0 Å². The largest absolute Gasteiger partial charge is 0.319 e. The lowest BCUT2D eigenvalue weighted by Gasteiger charge is -2.17. The molecular weight excluding hydrogens is 338 g/mol. The number of rotatable bonds is 3. The van der Waals surface area contributed by atoms with Gasteiger partial charge in [-0.15, -0.1) is 0 Å². The van der Waals surface area contributed by atoms with Crippen molar-refractivity contribution in [3.05, 3.63) is 77.6 Å². The molecule has 0 spiro atoms. The second-order valence-corrected chi connectivity index (χ2v) is 5.88. The number of carbonyl (C=O) groups excluding carboxylic acids is 1. The van der Waals surface area contributed by atoms with Crippen molar-refractivity contribution in [1.82, 2.24) is 9.97 Å². The average Bonchev–Trinajstić information content (AvgIpc) is 3.08. The van der Waals surface area contributed by atoms with Gasteiger partial charge in [0.25, 0.3) is 5.91 Å². The second-order valence-electron chi connectivity index (χ2n) is 5.88. The van der Waals surface area contributed by atoms with Gasteiger partial charge in [0.1, 0.15) is 11.6 Å². The van der Waals surface area contributed by atoms with Crippen LogP contribution in [0.15, 0.2) is 54.9 Å². The summed E-state index contributed by atoms with van der Waals surface area (Å²) < 4.78 is 26.6. The third kappa shape index (κ3) is 2.99. The minimum absolute atomic E-state index is 0.103. The molecule has 1 amide bonds. The molecule has 1 N–H and O–H groups in total. The van der Waals surface area contributed by atoms with Crippen LogP contribution in [-0.4, -0.2) is 22.4 Å². The lowest BCUT2D eigenvalue weighted by atomic mass is 10.2.